The molecule has 0 aliphatic carbocycles. The number of nitrogens with zero attached hydrogens (tertiary/aromatic N) is 1. The van der Waals surface area contributed by atoms with E-state index in [0.717, 1.165) is 19.3 Å². The molecule has 0 rings (SSSR count). The van der Waals surface area contributed by atoms with Crippen LogP contribution in [0.15, 0.2) is 12.3 Å². The van der Waals surface area contributed by atoms with E-state index in [9.17, 15) is 19.5 Å². The van der Waals surface area contributed by atoms with Crippen molar-refractivity contribution in [2.45, 2.75) is 103 Å². The molecule has 0 aliphatic heterocycles. The first kappa shape index (κ1) is 29.1. The predicted molar refractivity (Wildman–Crippen MR) is 119 cm³/mol. The topological polar surface area (TPSA) is 115 Å². The molecule has 7 heteroatoms. The van der Waals surface area contributed by atoms with Gasteiger partial charge in [0, 0.05) is 12.4 Å². The van der Waals surface area contributed by atoms with E-state index in [0.29, 0.717) is 0 Å². The Morgan fingerprint density at radius 3 is 1.55 bits per heavy atom. The molecule has 2 N–H and O–H groups in total. The number of allylic oxidation sites excluding steroid dienone is 1. The summed E-state index contributed by atoms with van der Waals surface area (Å²) in [6.07, 6.45) is 17.9. The average molecular weight is 442 g/mol. The van der Waals surface area contributed by atoms with Crippen molar-refractivity contribution in [3.63, 3.8) is 0 Å². The van der Waals surface area contributed by atoms with Crippen molar-refractivity contribution < 1.29 is 34.2 Å². The van der Waals surface area contributed by atoms with Crippen LogP contribution >= 0.6 is 0 Å². The lowest BCUT2D eigenvalue weighted by Gasteiger charge is -2.34. The highest BCUT2D eigenvalue weighted by Crippen LogP contribution is 2.16. The zero-order valence-corrected chi connectivity index (χ0v) is 19.4. The second-order valence-electron chi connectivity index (χ2n) is 8.51. The molecule has 0 heterocycles. The first-order chi connectivity index (χ1) is 14.8. The van der Waals surface area contributed by atoms with Gasteiger partial charge in [0.05, 0.1) is 38.7 Å². The quantitative estimate of drug-likeness (QED) is 0.193. The molecule has 0 saturated heterocycles. The number of aliphatic carboxylic acids is 3. The monoisotopic (exact) mass is 441 g/mol. The first-order valence-corrected chi connectivity index (χ1v) is 12.0. The van der Waals surface area contributed by atoms with Crippen molar-refractivity contribution in [3.05, 3.63) is 12.3 Å². The van der Waals surface area contributed by atoms with E-state index in [1.165, 1.54) is 57.8 Å². The van der Waals surface area contributed by atoms with E-state index in [1.54, 1.807) is 0 Å². The first-order valence-electron chi connectivity index (χ1n) is 12.0. The van der Waals surface area contributed by atoms with Crippen molar-refractivity contribution in [2.75, 3.05) is 19.6 Å². The van der Waals surface area contributed by atoms with Crippen LogP contribution in [0.5, 0.6) is 0 Å². The predicted octanol–water partition coefficient (Wildman–Crippen LogP) is 4.11. The Morgan fingerprint density at radius 2 is 1.13 bits per heavy atom. The van der Waals surface area contributed by atoms with Crippen molar-refractivity contribution in [1.82, 2.24) is 0 Å². The van der Waals surface area contributed by atoms with Gasteiger partial charge < -0.3 is 20.1 Å². The number of carboxylic acid groups (broad SMARTS) is 3. The molecule has 0 aromatic carbocycles. The molecule has 0 spiro atoms. The number of rotatable bonds is 22. The van der Waals surface area contributed by atoms with E-state index < -0.39 is 17.9 Å². The third kappa shape index (κ3) is 18.6. The maximum absolute atomic E-state index is 11.0. The highest BCUT2D eigenvalue weighted by atomic mass is 16.4. The lowest BCUT2D eigenvalue weighted by Crippen LogP contribution is -2.48. The second-order valence-corrected chi connectivity index (χ2v) is 8.51. The number of hydrogen-bond donors (Lipinski definition) is 2. The van der Waals surface area contributed by atoms with Crippen LogP contribution < -0.4 is 5.11 Å². The van der Waals surface area contributed by atoms with Gasteiger partial charge >= 0.3 is 11.9 Å². The summed E-state index contributed by atoms with van der Waals surface area (Å²) in [5, 5.41) is 29.0. The number of carbonyl (C=O) groups is 3. The second kappa shape index (κ2) is 18.8. The Kier molecular flexibility index (Phi) is 17.7. The van der Waals surface area contributed by atoms with Crippen LogP contribution in [0, 0.1) is 0 Å². The summed E-state index contributed by atoms with van der Waals surface area (Å²) in [5.74, 6) is -3.18. The van der Waals surface area contributed by atoms with Crippen molar-refractivity contribution in [2.24, 2.45) is 0 Å². The normalized spacial score (nSPS) is 11.8. The van der Waals surface area contributed by atoms with Gasteiger partial charge in [-0.15, -0.1) is 0 Å². The summed E-state index contributed by atoms with van der Waals surface area (Å²) in [6.45, 7) is 2.71. The maximum Gasteiger partial charge on any atom is 0.309 e. The van der Waals surface area contributed by atoms with Gasteiger partial charge in [0.25, 0.3) is 0 Å². The molecule has 0 aliphatic rings. The molecular formula is C24H43NO6. The SMILES string of the molecule is CCCCCCCCCCCCC/C=C/[N+](CCC(=O)[O-])(CCC(=O)O)CCC(=O)O. The standard InChI is InChI=1S/C24H43NO6/c1-2-3-4-5-6-7-8-9-10-11-12-13-14-18-25(19-15-22(26)27,20-16-23(28)29)21-17-24(30)31/h14,18H,2-13,15-17,19-21H2,1H3,(H2-,26,27,28,29,30,31)/b18-14+. The van der Waals surface area contributed by atoms with Crippen LogP contribution in [0.3, 0.4) is 0 Å². The minimum Gasteiger partial charge on any atom is -0.550 e. The maximum atomic E-state index is 11.0. The fraction of sp³-hybridized carbons (Fsp3) is 0.792. The molecule has 0 fully saturated rings. The summed E-state index contributed by atoms with van der Waals surface area (Å²) in [7, 11) is 0. The summed E-state index contributed by atoms with van der Waals surface area (Å²) in [4.78, 5) is 33.0. The Labute approximate surface area is 187 Å². The lowest BCUT2D eigenvalue weighted by atomic mass is 10.1. The van der Waals surface area contributed by atoms with E-state index >= 15 is 0 Å². The number of carbonyl (C=O) groups excluding carboxylic acids is 1. The largest absolute Gasteiger partial charge is 0.550 e. The van der Waals surface area contributed by atoms with Crippen molar-refractivity contribution >= 4 is 17.9 Å². The molecule has 31 heavy (non-hydrogen) atoms. The molecule has 0 radical (unpaired) electrons. The molecule has 0 aromatic heterocycles. The van der Waals surface area contributed by atoms with Crippen LogP contribution in [-0.4, -0.2) is 52.2 Å². The zero-order valence-electron chi connectivity index (χ0n) is 19.4. The van der Waals surface area contributed by atoms with Gasteiger partial charge in [0.1, 0.15) is 0 Å². The highest BCUT2D eigenvalue weighted by Gasteiger charge is 2.26. The van der Waals surface area contributed by atoms with E-state index in [4.69, 9.17) is 10.2 Å². The Balaban J connectivity index is 4.38. The molecule has 0 amide bonds. The molecule has 0 unspecified atom stereocenters. The van der Waals surface area contributed by atoms with Gasteiger partial charge in [-0.05, 0) is 18.9 Å². The van der Waals surface area contributed by atoms with E-state index in [-0.39, 0.29) is 43.4 Å². The smallest absolute Gasteiger partial charge is 0.309 e. The van der Waals surface area contributed by atoms with Crippen LogP contribution in [0.4, 0.5) is 0 Å². The molecular weight excluding hydrogens is 398 g/mol. The number of unbranched alkanes of at least 4 members (excludes halogenated alkanes) is 11. The molecule has 0 atom stereocenters. The summed E-state index contributed by atoms with van der Waals surface area (Å²) >= 11 is 0. The third-order valence-electron chi connectivity index (χ3n) is 5.70. The Morgan fingerprint density at radius 1 is 0.710 bits per heavy atom. The summed E-state index contributed by atoms with van der Waals surface area (Å²) in [6, 6.07) is 0. The summed E-state index contributed by atoms with van der Waals surface area (Å²) in [5.41, 5.74) is 0. The van der Waals surface area contributed by atoms with Crippen LogP contribution in [0.2, 0.25) is 0 Å². The van der Waals surface area contributed by atoms with Gasteiger partial charge in [-0.1, -0.05) is 71.1 Å². The van der Waals surface area contributed by atoms with Gasteiger partial charge in [0.15, 0.2) is 0 Å². The van der Waals surface area contributed by atoms with Gasteiger partial charge in [0.2, 0.25) is 0 Å². The van der Waals surface area contributed by atoms with Crippen molar-refractivity contribution in [1.29, 1.82) is 0 Å². The van der Waals surface area contributed by atoms with Crippen LogP contribution in [-0.2, 0) is 14.4 Å². The number of quaternary nitrogens is 1. The van der Waals surface area contributed by atoms with Crippen molar-refractivity contribution in [3.8, 4) is 0 Å². The van der Waals surface area contributed by atoms with Gasteiger partial charge in [-0.2, -0.15) is 0 Å². The fourth-order valence-electron chi connectivity index (χ4n) is 3.73. The van der Waals surface area contributed by atoms with Crippen LogP contribution in [0.1, 0.15) is 103 Å². The average Bonchev–Trinajstić information content (AvgIpc) is 2.72. The zero-order chi connectivity index (χ0) is 23.4. The van der Waals surface area contributed by atoms with Gasteiger partial charge in [-0.3, -0.25) is 14.1 Å². The fourth-order valence-corrected chi connectivity index (χ4v) is 3.73. The Bertz CT molecular complexity index is 487. The molecule has 7 nitrogen and oxygen atoms in total. The van der Waals surface area contributed by atoms with E-state index in [1.807, 2.05) is 12.3 Å². The molecule has 0 saturated carbocycles. The molecule has 0 aromatic rings. The third-order valence-corrected chi connectivity index (χ3v) is 5.70. The minimum absolute atomic E-state index is 0.0462. The molecule has 0 bridgehead atoms. The minimum atomic E-state index is -1.22. The molecule has 180 valence electrons. The number of carboxylic acids is 3. The van der Waals surface area contributed by atoms with Gasteiger partial charge in [-0.25, -0.2) is 0 Å². The highest BCUT2D eigenvalue weighted by molar-refractivity contribution is 5.67. The van der Waals surface area contributed by atoms with Crippen LogP contribution in [0.25, 0.3) is 0 Å². The van der Waals surface area contributed by atoms with E-state index in [2.05, 4.69) is 6.92 Å². The number of hydrogen-bond acceptors (Lipinski definition) is 4. The lowest BCUT2D eigenvalue weighted by molar-refractivity contribution is -0.878. The summed E-state index contributed by atoms with van der Waals surface area (Å²) < 4.78 is 0.0462. The Hall–Kier alpha value is -1.89.